The second-order valence-corrected chi connectivity index (χ2v) is 6.05. The van der Waals surface area contributed by atoms with E-state index in [9.17, 15) is 19.8 Å². The van der Waals surface area contributed by atoms with Gasteiger partial charge in [-0.2, -0.15) is 0 Å². The first-order valence-electron chi connectivity index (χ1n) is 8.98. The highest BCUT2D eigenvalue weighted by Crippen LogP contribution is 2.34. The molecule has 0 saturated carbocycles. The Kier molecular flexibility index (Phi) is 5.22. The van der Waals surface area contributed by atoms with Crippen LogP contribution in [-0.2, 0) is 0 Å². The van der Waals surface area contributed by atoms with E-state index in [0.29, 0.717) is 10.8 Å². The fourth-order valence-corrected chi connectivity index (χ4v) is 3.13. The number of phenols is 1. The van der Waals surface area contributed by atoms with Crippen LogP contribution in [0.5, 0.6) is 11.5 Å². The number of para-hydroxylation sites is 1. The van der Waals surface area contributed by atoms with E-state index in [2.05, 4.69) is 0 Å². The molecule has 0 spiro atoms. The van der Waals surface area contributed by atoms with Gasteiger partial charge in [-0.15, -0.1) is 0 Å². The number of benzene rings is 2. The number of hydrogen-bond acceptors (Lipinski definition) is 6. The van der Waals surface area contributed by atoms with E-state index < -0.39 is 17.2 Å². The summed E-state index contributed by atoms with van der Waals surface area (Å²) in [6.45, 7) is 5.60. The average Bonchev–Trinajstić information content (AvgIpc) is 2.69. The van der Waals surface area contributed by atoms with Crippen LogP contribution in [0.15, 0.2) is 67.0 Å². The quantitative estimate of drug-likeness (QED) is 0.497. The third kappa shape index (κ3) is 3.13. The van der Waals surface area contributed by atoms with Gasteiger partial charge in [-0.25, -0.2) is 9.59 Å². The Morgan fingerprint density at radius 3 is 2.18 bits per heavy atom. The zero-order valence-electron chi connectivity index (χ0n) is 15.7. The minimum Gasteiger partial charge on any atom is -0.507 e. The largest absolute Gasteiger partial charge is 0.507 e. The molecule has 0 aliphatic heterocycles. The Morgan fingerprint density at radius 1 is 0.821 bits per heavy atom. The number of fused-ring (bicyclic) bond motifs is 2. The Bertz CT molecular complexity index is 1270. The van der Waals surface area contributed by atoms with Crippen molar-refractivity contribution >= 4 is 21.9 Å². The molecule has 4 aromatic rings. The van der Waals surface area contributed by atoms with Gasteiger partial charge in [0.1, 0.15) is 22.7 Å². The summed E-state index contributed by atoms with van der Waals surface area (Å²) in [6.07, 6.45) is 0. The summed E-state index contributed by atoms with van der Waals surface area (Å²) in [5, 5.41) is 21.3. The van der Waals surface area contributed by atoms with Crippen LogP contribution in [0.4, 0.5) is 0 Å². The lowest BCUT2D eigenvalue weighted by atomic mass is 9.93. The lowest BCUT2D eigenvalue weighted by Gasteiger charge is -2.13. The van der Waals surface area contributed by atoms with Crippen LogP contribution < -0.4 is 11.3 Å². The highest BCUT2D eigenvalue weighted by atomic mass is 16.4. The van der Waals surface area contributed by atoms with Crippen LogP contribution in [0.25, 0.3) is 21.9 Å². The molecular weight excluding hydrogens is 360 g/mol. The Hall–Kier alpha value is -3.54. The Labute approximate surface area is 160 Å². The predicted molar refractivity (Wildman–Crippen MR) is 107 cm³/mol. The topological polar surface area (TPSA) is 101 Å². The molecule has 4 rings (SSSR count). The number of aromatic hydroxyl groups is 2. The monoisotopic (exact) mass is 380 g/mol. The molecule has 2 aromatic heterocycles. The Morgan fingerprint density at radius 2 is 1.43 bits per heavy atom. The van der Waals surface area contributed by atoms with Gasteiger partial charge in [0.15, 0.2) is 0 Å². The van der Waals surface area contributed by atoms with Crippen LogP contribution >= 0.6 is 0 Å². The number of hydrogen-bond donors (Lipinski definition) is 2. The number of phenolic OH excluding ortho intramolecular Hbond substituents is 1. The van der Waals surface area contributed by atoms with Crippen LogP contribution in [0.1, 0.15) is 37.8 Å². The van der Waals surface area contributed by atoms with E-state index in [1.807, 2.05) is 13.8 Å². The second kappa shape index (κ2) is 7.60. The molecule has 1 atom stereocenters. The van der Waals surface area contributed by atoms with E-state index in [0.717, 1.165) is 0 Å². The minimum absolute atomic E-state index is 0.0363. The molecular formula is C22H20O6. The summed E-state index contributed by atoms with van der Waals surface area (Å²) in [6, 6.07) is 12.7. The van der Waals surface area contributed by atoms with Gasteiger partial charge in [-0.05, 0) is 30.3 Å². The van der Waals surface area contributed by atoms with Crippen LogP contribution in [0.3, 0.4) is 0 Å². The van der Waals surface area contributed by atoms with Gasteiger partial charge >= 0.3 is 11.3 Å². The normalized spacial score (nSPS) is 11.8. The average molecular weight is 380 g/mol. The molecule has 2 aromatic carbocycles. The molecule has 2 heterocycles. The fourth-order valence-electron chi connectivity index (χ4n) is 3.13. The second-order valence-electron chi connectivity index (χ2n) is 6.05. The van der Waals surface area contributed by atoms with Crippen molar-refractivity contribution < 1.29 is 19.0 Å². The van der Waals surface area contributed by atoms with E-state index in [1.54, 1.807) is 43.3 Å². The van der Waals surface area contributed by atoms with Gasteiger partial charge in [0.25, 0.3) is 0 Å². The van der Waals surface area contributed by atoms with Gasteiger partial charge in [-0.1, -0.05) is 39.0 Å². The van der Waals surface area contributed by atoms with E-state index in [1.165, 1.54) is 12.1 Å². The van der Waals surface area contributed by atoms with Crippen molar-refractivity contribution in [2.45, 2.75) is 26.7 Å². The van der Waals surface area contributed by atoms with Crippen molar-refractivity contribution in [2.24, 2.45) is 0 Å². The summed E-state index contributed by atoms with van der Waals surface area (Å²) in [7, 11) is 0. The summed E-state index contributed by atoms with van der Waals surface area (Å²) in [5.74, 6) is -1.08. The maximum absolute atomic E-state index is 12.4. The molecule has 1 unspecified atom stereocenters. The van der Waals surface area contributed by atoms with Gasteiger partial charge in [0.2, 0.25) is 0 Å². The summed E-state index contributed by atoms with van der Waals surface area (Å²) >= 11 is 0. The molecule has 0 fully saturated rings. The first-order chi connectivity index (χ1) is 13.5. The summed E-state index contributed by atoms with van der Waals surface area (Å²) in [4.78, 5) is 24.8. The third-order valence-corrected chi connectivity index (χ3v) is 4.50. The number of rotatable bonds is 2. The SMILES string of the molecule is CC.CC(c1cc2c(O)cccc2oc1=O)c1c(O)c2ccccc2oc1=O. The zero-order valence-corrected chi connectivity index (χ0v) is 15.7. The minimum atomic E-state index is -0.795. The molecule has 0 aliphatic carbocycles. The van der Waals surface area contributed by atoms with Crippen LogP contribution in [0, 0.1) is 0 Å². The maximum Gasteiger partial charge on any atom is 0.343 e. The van der Waals surface area contributed by atoms with Gasteiger partial charge in [0, 0.05) is 11.5 Å². The summed E-state index contributed by atoms with van der Waals surface area (Å²) < 4.78 is 10.5. The lowest BCUT2D eigenvalue weighted by Crippen LogP contribution is -2.17. The van der Waals surface area contributed by atoms with Crippen LogP contribution in [-0.4, -0.2) is 10.2 Å². The molecule has 0 radical (unpaired) electrons. The van der Waals surface area contributed by atoms with Crippen molar-refractivity contribution in [2.75, 3.05) is 0 Å². The molecule has 144 valence electrons. The first kappa shape index (κ1) is 19.2. The van der Waals surface area contributed by atoms with Crippen molar-refractivity contribution in [3.8, 4) is 11.5 Å². The fraction of sp³-hybridized carbons (Fsp3) is 0.182. The molecule has 0 aliphatic rings. The molecule has 2 N–H and O–H groups in total. The van der Waals surface area contributed by atoms with Gasteiger partial charge in [0.05, 0.1) is 16.3 Å². The summed E-state index contributed by atoms with van der Waals surface area (Å²) in [5.41, 5.74) is -0.787. The van der Waals surface area contributed by atoms with Crippen molar-refractivity contribution in [1.82, 2.24) is 0 Å². The van der Waals surface area contributed by atoms with Crippen molar-refractivity contribution in [3.05, 3.63) is 80.5 Å². The molecule has 0 saturated heterocycles. The van der Waals surface area contributed by atoms with Gasteiger partial charge in [-0.3, -0.25) is 0 Å². The first-order valence-corrected chi connectivity index (χ1v) is 8.98. The standard InChI is InChI=1S/C20H14O6.C2H6/c1-10(12-9-13-14(21)6-4-8-16(13)25-19(12)23)17-18(22)11-5-2-3-7-15(11)26-20(17)24;1-2/h2-10,21-22H,1H3;1-2H3. The third-order valence-electron chi connectivity index (χ3n) is 4.50. The van der Waals surface area contributed by atoms with Crippen LogP contribution in [0.2, 0.25) is 0 Å². The molecule has 28 heavy (non-hydrogen) atoms. The molecule has 6 heteroatoms. The highest BCUT2D eigenvalue weighted by molar-refractivity contribution is 5.85. The smallest absolute Gasteiger partial charge is 0.343 e. The molecule has 0 bridgehead atoms. The van der Waals surface area contributed by atoms with E-state index in [4.69, 9.17) is 8.83 Å². The van der Waals surface area contributed by atoms with Gasteiger partial charge < -0.3 is 19.0 Å². The van der Waals surface area contributed by atoms with E-state index >= 15 is 0 Å². The lowest BCUT2D eigenvalue weighted by molar-refractivity contribution is 0.451. The van der Waals surface area contributed by atoms with Crippen molar-refractivity contribution in [1.29, 1.82) is 0 Å². The van der Waals surface area contributed by atoms with Crippen molar-refractivity contribution in [3.63, 3.8) is 0 Å². The Balaban J connectivity index is 0.00000109. The maximum atomic E-state index is 12.4. The molecule has 6 nitrogen and oxygen atoms in total. The highest BCUT2D eigenvalue weighted by Gasteiger charge is 2.24. The van der Waals surface area contributed by atoms with E-state index in [-0.39, 0.29) is 33.8 Å². The molecule has 0 amide bonds. The predicted octanol–water partition coefficient (Wildman–Crippen LogP) is 4.49. The zero-order chi connectivity index (χ0) is 20.4.